The summed E-state index contributed by atoms with van der Waals surface area (Å²) in [6.45, 7) is 5.84. The monoisotopic (exact) mass is 411 g/mol. The minimum Gasteiger partial charge on any atom is -0.326 e. The molecule has 0 radical (unpaired) electrons. The van der Waals surface area contributed by atoms with Crippen LogP contribution in [-0.2, 0) is 9.59 Å². The van der Waals surface area contributed by atoms with E-state index in [0.717, 1.165) is 41.5 Å². The number of benzene rings is 2. The van der Waals surface area contributed by atoms with Crippen molar-refractivity contribution in [2.45, 2.75) is 26.3 Å². The molecule has 29 heavy (non-hydrogen) atoms. The number of carbonyl (C=O) groups excluding carboxylic acids is 2. The van der Waals surface area contributed by atoms with E-state index >= 15 is 0 Å². The van der Waals surface area contributed by atoms with Crippen LogP contribution in [-0.4, -0.2) is 41.3 Å². The Kier molecular flexibility index (Phi) is 7.72. The Morgan fingerprint density at radius 1 is 0.931 bits per heavy atom. The fourth-order valence-corrected chi connectivity index (χ4v) is 4.36. The van der Waals surface area contributed by atoms with Gasteiger partial charge >= 0.3 is 0 Å². The van der Waals surface area contributed by atoms with Gasteiger partial charge in [-0.25, -0.2) is 0 Å². The largest absolute Gasteiger partial charge is 0.326 e. The number of carbonyl (C=O) groups is 2. The molecule has 5 nitrogen and oxygen atoms in total. The van der Waals surface area contributed by atoms with Crippen LogP contribution in [0.25, 0.3) is 0 Å². The summed E-state index contributed by atoms with van der Waals surface area (Å²) in [5.41, 5.74) is 2.47. The van der Waals surface area contributed by atoms with E-state index in [0.29, 0.717) is 12.3 Å². The van der Waals surface area contributed by atoms with Gasteiger partial charge in [0.15, 0.2) is 0 Å². The highest BCUT2D eigenvalue weighted by atomic mass is 32.2. The molecule has 154 valence electrons. The second kappa shape index (κ2) is 10.5. The van der Waals surface area contributed by atoms with Crippen molar-refractivity contribution in [2.24, 2.45) is 5.92 Å². The summed E-state index contributed by atoms with van der Waals surface area (Å²) in [4.78, 5) is 27.3. The summed E-state index contributed by atoms with van der Waals surface area (Å²) < 4.78 is 0. The molecule has 2 amide bonds. The fraction of sp³-hybridized carbons (Fsp3) is 0.391. The predicted octanol–water partition coefficient (Wildman–Crippen LogP) is 4.40. The molecule has 1 unspecified atom stereocenters. The maximum absolute atomic E-state index is 13.2. The van der Waals surface area contributed by atoms with Gasteiger partial charge in [0.25, 0.3) is 0 Å². The van der Waals surface area contributed by atoms with Crippen LogP contribution in [0.2, 0.25) is 0 Å². The van der Waals surface area contributed by atoms with Crippen molar-refractivity contribution in [3.8, 4) is 0 Å². The summed E-state index contributed by atoms with van der Waals surface area (Å²) >= 11 is 1.93. The first-order valence-electron chi connectivity index (χ1n) is 10.1. The van der Waals surface area contributed by atoms with Crippen molar-refractivity contribution < 1.29 is 9.59 Å². The zero-order chi connectivity index (χ0) is 20.6. The Morgan fingerprint density at radius 3 is 2.10 bits per heavy atom. The Balaban J connectivity index is 1.68. The van der Waals surface area contributed by atoms with E-state index in [2.05, 4.69) is 15.5 Å². The number of hydrogen-bond donors (Lipinski definition) is 2. The Bertz CT molecular complexity index is 803. The molecule has 2 aromatic rings. The van der Waals surface area contributed by atoms with Crippen LogP contribution in [0, 0.1) is 5.92 Å². The molecule has 0 spiro atoms. The van der Waals surface area contributed by atoms with E-state index in [1.54, 1.807) is 0 Å². The minimum absolute atomic E-state index is 0.00361. The van der Waals surface area contributed by atoms with Crippen molar-refractivity contribution in [3.05, 3.63) is 60.2 Å². The lowest BCUT2D eigenvalue weighted by Crippen LogP contribution is -2.41. The van der Waals surface area contributed by atoms with Gasteiger partial charge in [0.05, 0.1) is 0 Å². The Hall–Kier alpha value is -2.31. The van der Waals surface area contributed by atoms with Crippen molar-refractivity contribution in [3.63, 3.8) is 0 Å². The van der Waals surface area contributed by atoms with E-state index in [4.69, 9.17) is 0 Å². The van der Waals surface area contributed by atoms with E-state index in [1.165, 1.54) is 0 Å². The lowest BCUT2D eigenvalue weighted by molar-refractivity contribution is -0.121. The second-order valence-electron chi connectivity index (χ2n) is 7.67. The second-order valence-corrected chi connectivity index (χ2v) is 8.90. The van der Waals surface area contributed by atoms with Crippen molar-refractivity contribution in [1.82, 2.24) is 4.90 Å². The summed E-state index contributed by atoms with van der Waals surface area (Å²) in [6, 6.07) is 16.9. The molecule has 1 aliphatic rings. The summed E-state index contributed by atoms with van der Waals surface area (Å²) in [6.07, 6.45) is 0.491. The molecule has 2 N–H and O–H groups in total. The van der Waals surface area contributed by atoms with Crippen molar-refractivity contribution in [2.75, 3.05) is 35.2 Å². The van der Waals surface area contributed by atoms with Crippen molar-refractivity contribution in [1.29, 1.82) is 0 Å². The van der Waals surface area contributed by atoms with Crippen LogP contribution < -0.4 is 10.6 Å². The molecule has 1 aliphatic heterocycles. The van der Waals surface area contributed by atoms with Crippen LogP contribution in [0.4, 0.5) is 11.4 Å². The van der Waals surface area contributed by atoms with Gasteiger partial charge in [-0.3, -0.25) is 14.5 Å². The topological polar surface area (TPSA) is 61.4 Å². The van der Waals surface area contributed by atoms with Crippen LogP contribution in [0.15, 0.2) is 54.6 Å². The maximum atomic E-state index is 13.2. The maximum Gasteiger partial charge on any atom is 0.246 e. The van der Waals surface area contributed by atoms with E-state index in [1.807, 2.05) is 80.2 Å². The normalized spacial score (nSPS) is 15.7. The quantitative estimate of drug-likeness (QED) is 0.709. The number of hydrogen-bond acceptors (Lipinski definition) is 4. The Labute approximate surface area is 177 Å². The highest BCUT2D eigenvalue weighted by Crippen LogP contribution is 2.26. The fourth-order valence-electron chi connectivity index (χ4n) is 3.43. The predicted molar refractivity (Wildman–Crippen MR) is 121 cm³/mol. The van der Waals surface area contributed by atoms with Crippen LogP contribution in [0.5, 0.6) is 0 Å². The van der Waals surface area contributed by atoms with Crippen LogP contribution in [0.1, 0.15) is 31.9 Å². The van der Waals surface area contributed by atoms with Crippen LogP contribution in [0.3, 0.4) is 0 Å². The van der Waals surface area contributed by atoms with E-state index in [9.17, 15) is 9.59 Å². The first kappa shape index (κ1) is 21.4. The third-order valence-corrected chi connectivity index (χ3v) is 5.75. The number of amides is 2. The first-order chi connectivity index (χ1) is 14.0. The molecule has 6 heteroatoms. The molecule has 1 atom stereocenters. The zero-order valence-electron chi connectivity index (χ0n) is 17.1. The lowest BCUT2D eigenvalue weighted by atomic mass is 10.0. The molecule has 0 aliphatic carbocycles. The van der Waals surface area contributed by atoms with Gasteiger partial charge in [0, 0.05) is 42.4 Å². The summed E-state index contributed by atoms with van der Waals surface area (Å²) in [5.74, 6) is 2.38. The SMILES string of the molecule is CC(C)CC(=O)Nc1ccc(NC(=O)C(c2ccccc2)N2CCSCC2)cc1. The highest BCUT2D eigenvalue weighted by molar-refractivity contribution is 7.99. The van der Waals surface area contributed by atoms with E-state index < -0.39 is 0 Å². The molecular weight excluding hydrogens is 382 g/mol. The van der Waals surface area contributed by atoms with Gasteiger partial charge in [-0.1, -0.05) is 44.2 Å². The van der Waals surface area contributed by atoms with Gasteiger partial charge in [-0.2, -0.15) is 11.8 Å². The van der Waals surface area contributed by atoms with Crippen molar-refractivity contribution >= 4 is 35.0 Å². The number of anilines is 2. The van der Waals surface area contributed by atoms with Gasteiger partial charge in [0.1, 0.15) is 6.04 Å². The third-order valence-electron chi connectivity index (χ3n) is 4.80. The summed E-state index contributed by atoms with van der Waals surface area (Å²) in [5, 5.41) is 5.94. The average Bonchev–Trinajstić information content (AvgIpc) is 2.71. The molecule has 2 aromatic carbocycles. The molecule has 0 bridgehead atoms. The van der Waals surface area contributed by atoms with Gasteiger partial charge < -0.3 is 10.6 Å². The lowest BCUT2D eigenvalue weighted by Gasteiger charge is -2.33. The minimum atomic E-state index is -0.303. The molecule has 3 rings (SSSR count). The number of thioether (sulfide) groups is 1. The summed E-state index contributed by atoms with van der Waals surface area (Å²) in [7, 11) is 0. The third kappa shape index (κ3) is 6.34. The molecule has 0 saturated carbocycles. The number of nitrogens with zero attached hydrogens (tertiary/aromatic N) is 1. The zero-order valence-corrected chi connectivity index (χ0v) is 17.9. The standard InChI is InChI=1S/C23H29N3O2S/c1-17(2)16-21(27)24-19-8-10-20(11-9-19)25-23(28)22(18-6-4-3-5-7-18)26-12-14-29-15-13-26/h3-11,17,22H,12-16H2,1-2H3,(H,24,27)(H,25,28). The van der Waals surface area contributed by atoms with E-state index in [-0.39, 0.29) is 17.9 Å². The number of rotatable bonds is 7. The average molecular weight is 412 g/mol. The van der Waals surface area contributed by atoms with Crippen LogP contribution >= 0.6 is 11.8 Å². The molecular formula is C23H29N3O2S. The molecule has 1 heterocycles. The molecule has 1 fully saturated rings. The highest BCUT2D eigenvalue weighted by Gasteiger charge is 2.28. The Morgan fingerprint density at radius 2 is 1.52 bits per heavy atom. The van der Waals surface area contributed by atoms with Gasteiger partial charge in [0.2, 0.25) is 11.8 Å². The first-order valence-corrected chi connectivity index (χ1v) is 11.3. The molecule has 1 saturated heterocycles. The smallest absolute Gasteiger partial charge is 0.246 e. The molecule has 0 aromatic heterocycles. The van der Waals surface area contributed by atoms with Gasteiger partial charge in [-0.05, 0) is 35.7 Å². The van der Waals surface area contributed by atoms with Gasteiger partial charge in [-0.15, -0.1) is 0 Å². The number of nitrogens with one attached hydrogen (secondary N) is 2.